The van der Waals surface area contributed by atoms with Crippen LogP contribution in [-0.4, -0.2) is 30.2 Å². The van der Waals surface area contributed by atoms with Gasteiger partial charge in [-0.05, 0) is 26.0 Å². The Balaban J connectivity index is 2.52. The van der Waals surface area contributed by atoms with Crippen molar-refractivity contribution in [3.63, 3.8) is 0 Å². The molecule has 0 amide bonds. The number of anilines is 3. The van der Waals surface area contributed by atoms with Gasteiger partial charge in [0.25, 0.3) is 0 Å². The number of para-hydroxylation sites is 1. The lowest BCUT2D eigenvalue weighted by atomic mass is 10.2. The van der Waals surface area contributed by atoms with Gasteiger partial charge in [-0.1, -0.05) is 12.1 Å². The summed E-state index contributed by atoms with van der Waals surface area (Å²) in [5.74, 6) is 1.34. The number of nitrogens with zero attached hydrogens (tertiary/aromatic N) is 3. The molecule has 0 radical (unpaired) electrons. The maximum absolute atomic E-state index is 14.1. The molecule has 6 heteroatoms. The minimum absolute atomic E-state index is 0.301. The van der Waals surface area contributed by atoms with Crippen LogP contribution < -0.4 is 15.0 Å². The van der Waals surface area contributed by atoms with E-state index < -0.39 is 0 Å². The minimum Gasteiger partial charge on any atom is -0.490 e. The monoisotopic (exact) mass is 290 g/mol. The zero-order valence-electron chi connectivity index (χ0n) is 12.4. The van der Waals surface area contributed by atoms with Crippen molar-refractivity contribution < 1.29 is 9.13 Å². The summed E-state index contributed by atoms with van der Waals surface area (Å²) in [6.07, 6.45) is 1.44. The maximum atomic E-state index is 14.1. The summed E-state index contributed by atoms with van der Waals surface area (Å²) < 4.78 is 19.5. The van der Waals surface area contributed by atoms with E-state index in [1.807, 2.05) is 13.8 Å². The largest absolute Gasteiger partial charge is 0.490 e. The first-order chi connectivity index (χ1) is 10.2. The first kappa shape index (κ1) is 15.0. The highest BCUT2D eigenvalue weighted by atomic mass is 19.1. The van der Waals surface area contributed by atoms with Crippen LogP contribution in [0.25, 0.3) is 0 Å². The van der Waals surface area contributed by atoms with Gasteiger partial charge in [0.1, 0.15) is 12.1 Å². The second-order valence-corrected chi connectivity index (χ2v) is 4.31. The number of nitrogens with one attached hydrogen (secondary N) is 1. The fraction of sp³-hybridized carbons (Fsp3) is 0.333. The Hall–Kier alpha value is -2.37. The lowest BCUT2D eigenvalue weighted by molar-refractivity contribution is 0.413. The van der Waals surface area contributed by atoms with Gasteiger partial charge in [0.2, 0.25) is 5.75 Å². The third kappa shape index (κ3) is 3.04. The quantitative estimate of drug-likeness (QED) is 0.885. The van der Waals surface area contributed by atoms with Gasteiger partial charge in [-0.2, -0.15) is 0 Å². The normalized spacial score (nSPS) is 10.3. The summed E-state index contributed by atoms with van der Waals surface area (Å²) in [7, 11) is 1.55. The zero-order valence-corrected chi connectivity index (χ0v) is 12.4. The number of hydrogen-bond acceptors (Lipinski definition) is 5. The lowest BCUT2D eigenvalue weighted by Crippen LogP contribution is -2.20. The number of aromatic nitrogens is 2. The molecule has 0 fully saturated rings. The van der Waals surface area contributed by atoms with Crippen molar-refractivity contribution in [3.05, 3.63) is 36.4 Å². The molecule has 0 aliphatic carbocycles. The summed E-state index contributed by atoms with van der Waals surface area (Å²) in [6, 6.07) is 6.60. The molecule has 0 atom stereocenters. The third-order valence-corrected chi connectivity index (χ3v) is 3.05. The molecule has 0 spiro atoms. The summed E-state index contributed by atoms with van der Waals surface area (Å²) in [4.78, 5) is 10.2. The standard InChI is InChI=1S/C15H19FN4O/c1-4-17-14-13(21-3)15(19-10-18-14)20(5-2)12-9-7-6-8-11(12)16/h6-10H,4-5H2,1-3H3,(H,17,18,19). The van der Waals surface area contributed by atoms with E-state index in [0.29, 0.717) is 36.2 Å². The summed E-state index contributed by atoms with van der Waals surface area (Å²) in [5, 5.41) is 3.12. The van der Waals surface area contributed by atoms with Crippen molar-refractivity contribution >= 4 is 17.3 Å². The van der Waals surface area contributed by atoms with E-state index in [4.69, 9.17) is 4.74 Å². The van der Waals surface area contributed by atoms with E-state index in [0.717, 1.165) is 0 Å². The number of hydrogen-bond donors (Lipinski definition) is 1. The van der Waals surface area contributed by atoms with Crippen molar-refractivity contribution in [1.29, 1.82) is 0 Å². The molecule has 1 aromatic carbocycles. The molecule has 5 nitrogen and oxygen atoms in total. The van der Waals surface area contributed by atoms with E-state index in [2.05, 4.69) is 15.3 Å². The Bertz CT molecular complexity index is 606. The van der Waals surface area contributed by atoms with Crippen molar-refractivity contribution in [2.24, 2.45) is 0 Å². The fourth-order valence-corrected chi connectivity index (χ4v) is 2.14. The molecular formula is C15H19FN4O. The smallest absolute Gasteiger partial charge is 0.204 e. The molecule has 21 heavy (non-hydrogen) atoms. The Morgan fingerprint density at radius 3 is 2.62 bits per heavy atom. The van der Waals surface area contributed by atoms with E-state index in [9.17, 15) is 4.39 Å². The number of benzene rings is 1. The van der Waals surface area contributed by atoms with Crippen LogP contribution in [-0.2, 0) is 0 Å². The van der Waals surface area contributed by atoms with E-state index >= 15 is 0 Å². The van der Waals surface area contributed by atoms with E-state index in [1.54, 1.807) is 30.2 Å². The van der Waals surface area contributed by atoms with Crippen LogP contribution >= 0.6 is 0 Å². The molecule has 0 aliphatic rings. The fourth-order valence-electron chi connectivity index (χ4n) is 2.14. The Kier molecular flexibility index (Phi) is 4.92. The van der Waals surface area contributed by atoms with Crippen LogP contribution in [0, 0.1) is 5.82 Å². The second kappa shape index (κ2) is 6.88. The van der Waals surface area contributed by atoms with Crippen LogP contribution in [0.15, 0.2) is 30.6 Å². The maximum Gasteiger partial charge on any atom is 0.204 e. The molecule has 0 saturated heterocycles. The number of methoxy groups -OCH3 is 1. The number of rotatable bonds is 6. The molecule has 1 aromatic heterocycles. The molecule has 0 saturated carbocycles. The van der Waals surface area contributed by atoms with Gasteiger partial charge in [-0.15, -0.1) is 0 Å². The van der Waals surface area contributed by atoms with Gasteiger partial charge in [0.15, 0.2) is 11.6 Å². The van der Waals surface area contributed by atoms with E-state index in [1.165, 1.54) is 12.4 Å². The molecule has 2 aromatic rings. The third-order valence-electron chi connectivity index (χ3n) is 3.05. The number of ether oxygens (including phenoxy) is 1. The zero-order chi connectivity index (χ0) is 15.2. The van der Waals surface area contributed by atoms with Crippen molar-refractivity contribution in [3.8, 4) is 5.75 Å². The van der Waals surface area contributed by atoms with Crippen LogP contribution in [0.2, 0.25) is 0 Å². The number of halogens is 1. The van der Waals surface area contributed by atoms with Crippen molar-refractivity contribution in [1.82, 2.24) is 9.97 Å². The molecule has 0 aliphatic heterocycles. The highest BCUT2D eigenvalue weighted by molar-refractivity contribution is 5.71. The highest BCUT2D eigenvalue weighted by Gasteiger charge is 2.20. The predicted molar refractivity (Wildman–Crippen MR) is 81.8 cm³/mol. The summed E-state index contributed by atoms with van der Waals surface area (Å²) in [6.45, 7) is 5.16. The van der Waals surface area contributed by atoms with Gasteiger partial charge in [0.05, 0.1) is 12.8 Å². The molecule has 0 bridgehead atoms. The topological polar surface area (TPSA) is 50.3 Å². The second-order valence-electron chi connectivity index (χ2n) is 4.31. The highest BCUT2D eigenvalue weighted by Crippen LogP contribution is 2.36. The Labute approximate surface area is 123 Å². The molecule has 0 unspecified atom stereocenters. The lowest BCUT2D eigenvalue weighted by Gasteiger charge is -2.25. The van der Waals surface area contributed by atoms with Crippen LogP contribution in [0.5, 0.6) is 5.75 Å². The van der Waals surface area contributed by atoms with Crippen LogP contribution in [0.3, 0.4) is 0 Å². The van der Waals surface area contributed by atoms with Crippen molar-refractivity contribution in [2.75, 3.05) is 30.4 Å². The summed E-state index contributed by atoms with van der Waals surface area (Å²) in [5.41, 5.74) is 0.458. The Morgan fingerprint density at radius 2 is 2.00 bits per heavy atom. The van der Waals surface area contributed by atoms with Gasteiger partial charge in [-0.3, -0.25) is 0 Å². The first-order valence-electron chi connectivity index (χ1n) is 6.87. The van der Waals surface area contributed by atoms with Gasteiger partial charge in [-0.25, -0.2) is 14.4 Å². The van der Waals surface area contributed by atoms with Crippen LogP contribution in [0.1, 0.15) is 13.8 Å². The van der Waals surface area contributed by atoms with Gasteiger partial charge < -0.3 is 15.0 Å². The minimum atomic E-state index is -0.301. The van der Waals surface area contributed by atoms with Gasteiger partial charge >= 0.3 is 0 Å². The molecule has 2 rings (SSSR count). The average Bonchev–Trinajstić information content (AvgIpc) is 2.50. The molecule has 1 N–H and O–H groups in total. The first-order valence-corrected chi connectivity index (χ1v) is 6.87. The average molecular weight is 290 g/mol. The predicted octanol–water partition coefficient (Wildman–Crippen LogP) is 3.21. The molecule has 112 valence electrons. The van der Waals surface area contributed by atoms with Crippen LogP contribution in [0.4, 0.5) is 21.7 Å². The Morgan fingerprint density at radius 1 is 1.24 bits per heavy atom. The molecule has 1 heterocycles. The summed E-state index contributed by atoms with van der Waals surface area (Å²) >= 11 is 0. The van der Waals surface area contributed by atoms with Crippen molar-refractivity contribution in [2.45, 2.75) is 13.8 Å². The molecular weight excluding hydrogens is 271 g/mol. The SMILES string of the molecule is CCNc1ncnc(N(CC)c2ccccc2F)c1OC. The van der Waals surface area contributed by atoms with Gasteiger partial charge in [0, 0.05) is 13.1 Å². The van der Waals surface area contributed by atoms with E-state index in [-0.39, 0.29) is 5.82 Å².